The van der Waals surface area contributed by atoms with Gasteiger partial charge in [0.15, 0.2) is 0 Å². The molecule has 0 aromatic rings. The highest BCUT2D eigenvalue weighted by atomic mass is 19.3. The number of rotatable bonds is 0. The van der Waals surface area contributed by atoms with Gasteiger partial charge in [0.25, 0.3) is 6.08 Å². The third-order valence-corrected chi connectivity index (χ3v) is 0.822. The van der Waals surface area contributed by atoms with Crippen LogP contribution < -0.4 is 0 Å². The van der Waals surface area contributed by atoms with Crippen molar-refractivity contribution in [2.45, 2.75) is 20.8 Å². The van der Waals surface area contributed by atoms with Gasteiger partial charge in [-0.3, -0.25) is 0 Å². The van der Waals surface area contributed by atoms with E-state index in [9.17, 15) is 8.78 Å². The van der Waals surface area contributed by atoms with Gasteiger partial charge in [-0.1, -0.05) is 6.08 Å². The van der Waals surface area contributed by atoms with E-state index in [-0.39, 0.29) is 0 Å². The molecule has 0 fully saturated rings. The summed E-state index contributed by atoms with van der Waals surface area (Å²) >= 11 is 0. The van der Waals surface area contributed by atoms with Gasteiger partial charge in [0.2, 0.25) is 6.79 Å². The molecule has 0 unspecified atom stereocenters. The second-order valence-corrected chi connectivity index (χ2v) is 2.14. The standard InChI is InChI=1S/C4H6O2.C3H4F2.C3H6/c1-4-2-5-3-6-4;1-2-3(4)5;1-3-2/h2H,3H2,1H3;2H,1H3;3H,1H2,2H3. The van der Waals surface area contributed by atoms with E-state index in [1.54, 1.807) is 12.3 Å². The lowest BCUT2D eigenvalue weighted by Crippen LogP contribution is -1.78. The van der Waals surface area contributed by atoms with Crippen LogP contribution in [0.4, 0.5) is 8.78 Å². The second-order valence-electron chi connectivity index (χ2n) is 2.14. The van der Waals surface area contributed by atoms with Crippen molar-refractivity contribution in [3.05, 3.63) is 36.8 Å². The van der Waals surface area contributed by atoms with E-state index in [1.165, 1.54) is 6.92 Å². The molecule has 0 saturated carbocycles. The Morgan fingerprint density at radius 3 is 2.00 bits per heavy atom. The Kier molecular flexibility index (Phi) is 12.7. The fourth-order valence-corrected chi connectivity index (χ4v) is 0.312. The molecular formula is C10H16F2O2. The van der Waals surface area contributed by atoms with Crippen molar-refractivity contribution in [1.82, 2.24) is 0 Å². The van der Waals surface area contributed by atoms with Crippen LogP contribution in [0.3, 0.4) is 0 Å². The highest BCUT2D eigenvalue weighted by Gasteiger charge is 1.94. The monoisotopic (exact) mass is 206 g/mol. The van der Waals surface area contributed by atoms with Crippen LogP contribution in [-0.4, -0.2) is 6.79 Å². The first kappa shape index (κ1) is 15.2. The number of hydrogen-bond acceptors (Lipinski definition) is 2. The van der Waals surface area contributed by atoms with E-state index in [0.29, 0.717) is 6.79 Å². The van der Waals surface area contributed by atoms with Gasteiger partial charge in [0, 0.05) is 0 Å². The predicted octanol–water partition coefficient (Wildman–Crippen LogP) is 3.83. The van der Waals surface area contributed by atoms with Crippen molar-refractivity contribution in [2.75, 3.05) is 6.79 Å². The Balaban J connectivity index is 0. The normalized spacial score (nSPS) is 11.4. The molecule has 14 heavy (non-hydrogen) atoms. The van der Waals surface area contributed by atoms with E-state index in [0.717, 1.165) is 11.8 Å². The molecule has 0 atom stereocenters. The number of hydrogen-bond donors (Lipinski definition) is 0. The van der Waals surface area contributed by atoms with Crippen LogP contribution >= 0.6 is 0 Å². The number of ether oxygens (including phenoxy) is 2. The Bertz CT molecular complexity index is 194. The molecule has 0 aromatic carbocycles. The first-order valence-corrected chi connectivity index (χ1v) is 4.04. The summed E-state index contributed by atoms with van der Waals surface area (Å²) in [6.07, 6.45) is 2.48. The molecular weight excluding hydrogens is 190 g/mol. The molecule has 0 aromatic heterocycles. The van der Waals surface area contributed by atoms with Crippen molar-refractivity contribution in [1.29, 1.82) is 0 Å². The van der Waals surface area contributed by atoms with E-state index in [4.69, 9.17) is 4.74 Å². The van der Waals surface area contributed by atoms with E-state index in [1.807, 2.05) is 13.8 Å². The van der Waals surface area contributed by atoms with E-state index in [2.05, 4.69) is 11.3 Å². The van der Waals surface area contributed by atoms with Crippen molar-refractivity contribution >= 4 is 0 Å². The number of halogens is 2. The minimum absolute atomic E-state index is 0.395. The molecule has 0 bridgehead atoms. The summed E-state index contributed by atoms with van der Waals surface area (Å²) < 4.78 is 30.7. The molecule has 0 radical (unpaired) electrons. The summed E-state index contributed by atoms with van der Waals surface area (Å²) in [6, 6.07) is 0. The van der Waals surface area contributed by atoms with Crippen molar-refractivity contribution in [3.63, 3.8) is 0 Å². The minimum atomic E-state index is -1.62. The van der Waals surface area contributed by atoms with Crippen LogP contribution in [0.2, 0.25) is 0 Å². The summed E-state index contributed by atoms with van der Waals surface area (Å²) in [5, 5.41) is 0. The SMILES string of the molecule is C=CC.CC1=COCO1.CC=C(F)F. The topological polar surface area (TPSA) is 18.5 Å². The van der Waals surface area contributed by atoms with Crippen molar-refractivity contribution in [2.24, 2.45) is 0 Å². The Morgan fingerprint density at radius 1 is 1.50 bits per heavy atom. The van der Waals surface area contributed by atoms with Gasteiger partial charge in [-0.25, -0.2) is 0 Å². The van der Waals surface area contributed by atoms with Crippen molar-refractivity contribution < 1.29 is 18.3 Å². The lowest BCUT2D eigenvalue weighted by atomic mass is 10.7. The van der Waals surface area contributed by atoms with Crippen LogP contribution in [-0.2, 0) is 9.47 Å². The van der Waals surface area contributed by atoms with Crippen LogP contribution in [0.25, 0.3) is 0 Å². The summed E-state index contributed by atoms with van der Waals surface area (Å²) in [4.78, 5) is 0. The molecule has 0 amide bonds. The molecule has 0 N–H and O–H groups in total. The smallest absolute Gasteiger partial charge is 0.266 e. The Hall–Kier alpha value is -1.32. The minimum Gasteiger partial charge on any atom is -0.462 e. The maximum absolute atomic E-state index is 10.6. The largest absolute Gasteiger partial charge is 0.462 e. The summed E-state index contributed by atoms with van der Waals surface area (Å²) in [7, 11) is 0. The van der Waals surface area contributed by atoms with E-state index < -0.39 is 6.08 Å². The van der Waals surface area contributed by atoms with Gasteiger partial charge < -0.3 is 9.47 Å². The van der Waals surface area contributed by atoms with Crippen LogP contribution in [0, 0.1) is 0 Å². The summed E-state index contributed by atoms with van der Waals surface area (Å²) in [5.41, 5.74) is 0. The predicted molar refractivity (Wildman–Crippen MR) is 52.6 cm³/mol. The Labute approximate surface area is 83.5 Å². The van der Waals surface area contributed by atoms with Crippen molar-refractivity contribution in [3.8, 4) is 0 Å². The quantitative estimate of drug-likeness (QED) is 0.561. The fraction of sp³-hybridized carbons (Fsp3) is 0.400. The molecule has 0 aliphatic carbocycles. The zero-order valence-electron chi connectivity index (χ0n) is 8.72. The molecule has 1 heterocycles. The lowest BCUT2D eigenvalue weighted by molar-refractivity contribution is 0.0813. The highest BCUT2D eigenvalue weighted by Crippen LogP contribution is 2.02. The van der Waals surface area contributed by atoms with Crippen LogP contribution in [0.15, 0.2) is 36.8 Å². The van der Waals surface area contributed by atoms with Gasteiger partial charge in [-0.15, -0.1) is 6.58 Å². The highest BCUT2D eigenvalue weighted by molar-refractivity contribution is 4.83. The molecule has 4 heteroatoms. The second kappa shape index (κ2) is 11.7. The van der Waals surface area contributed by atoms with Crippen LogP contribution in [0.5, 0.6) is 0 Å². The third kappa shape index (κ3) is 17.0. The molecule has 1 aliphatic rings. The maximum Gasteiger partial charge on any atom is 0.266 e. The van der Waals surface area contributed by atoms with Gasteiger partial charge >= 0.3 is 0 Å². The van der Waals surface area contributed by atoms with Gasteiger partial charge in [-0.2, -0.15) is 8.78 Å². The fourth-order valence-electron chi connectivity index (χ4n) is 0.312. The van der Waals surface area contributed by atoms with E-state index >= 15 is 0 Å². The molecule has 1 rings (SSSR count). The lowest BCUT2D eigenvalue weighted by Gasteiger charge is -1.87. The zero-order chi connectivity index (χ0) is 11.4. The molecule has 1 aliphatic heterocycles. The maximum atomic E-state index is 10.6. The Morgan fingerprint density at radius 2 is 1.93 bits per heavy atom. The molecule has 0 spiro atoms. The van der Waals surface area contributed by atoms with Gasteiger partial charge in [0.1, 0.15) is 12.0 Å². The molecule has 82 valence electrons. The average Bonchev–Trinajstić information content (AvgIpc) is 2.58. The first-order chi connectivity index (χ1) is 6.58. The first-order valence-electron chi connectivity index (χ1n) is 4.04. The average molecular weight is 206 g/mol. The molecule has 0 saturated heterocycles. The summed E-state index contributed by atoms with van der Waals surface area (Å²) in [6.45, 7) is 8.79. The van der Waals surface area contributed by atoms with Crippen LogP contribution in [0.1, 0.15) is 20.8 Å². The zero-order valence-corrected chi connectivity index (χ0v) is 8.72. The number of allylic oxidation sites excluding steroid dienone is 3. The van der Waals surface area contributed by atoms with Gasteiger partial charge in [-0.05, 0) is 26.8 Å². The van der Waals surface area contributed by atoms with Gasteiger partial charge in [0.05, 0.1) is 0 Å². The summed E-state index contributed by atoms with van der Waals surface area (Å²) in [5.74, 6) is 0.856. The molecule has 2 nitrogen and oxygen atoms in total. The third-order valence-electron chi connectivity index (χ3n) is 0.822.